The van der Waals surface area contributed by atoms with Gasteiger partial charge in [0.15, 0.2) is 0 Å². The molecule has 0 radical (unpaired) electrons. The van der Waals surface area contributed by atoms with Gasteiger partial charge in [0.1, 0.15) is 10.8 Å². The summed E-state index contributed by atoms with van der Waals surface area (Å²) in [6.07, 6.45) is 0. The number of anilines is 1. The van der Waals surface area contributed by atoms with Crippen LogP contribution in [0.1, 0.15) is 5.56 Å². The van der Waals surface area contributed by atoms with Crippen molar-refractivity contribution in [3.8, 4) is 10.6 Å². The fraction of sp³-hybridized carbons (Fsp3) is 0.316. The van der Waals surface area contributed by atoms with Crippen molar-refractivity contribution in [2.24, 2.45) is 0 Å². The van der Waals surface area contributed by atoms with Gasteiger partial charge >= 0.3 is 0 Å². The van der Waals surface area contributed by atoms with E-state index in [1.54, 1.807) is 17.4 Å². The van der Waals surface area contributed by atoms with Crippen molar-refractivity contribution in [1.29, 1.82) is 0 Å². The molecule has 1 aromatic heterocycles. The van der Waals surface area contributed by atoms with E-state index < -0.39 is 0 Å². The number of hydrogen-bond donors (Lipinski definition) is 0. The molecule has 3 nitrogen and oxygen atoms in total. The van der Waals surface area contributed by atoms with Gasteiger partial charge in [0.2, 0.25) is 0 Å². The fourth-order valence-electron chi connectivity index (χ4n) is 3.05. The van der Waals surface area contributed by atoms with Gasteiger partial charge in [-0.25, -0.2) is 9.37 Å². The number of benzene rings is 2. The lowest BCUT2D eigenvalue weighted by Crippen LogP contribution is -2.44. The predicted octanol–water partition coefficient (Wildman–Crippen LogP) is 4.16. The zero-order valence-electron chi connectivity index (χ0n) is 13.9. The Labute approximate surface area is 145 Å². The summed E-state index contributed by atoms with van der Waals surface area (Å²) in [7, 11) is 2.11. The average Bonchev–Trinajstić information content (AvgIpc) is 2.98. The van der Waals surface area contributed by atoms with Gasteiger partial charge in [-0.15, -0.1) is 11.3 Å². The van der Waals surface area contributed by atoms with Crippen molar-refractivity contribution >= 4 is 27.2 Å². The molecule has 1 aliphatic heterocycles. The monoisotopic (exact) mass is 341 g/mol. The lowest BCUT2D eigenvalue weighted by molar-refractivity contribution is 0.312. The number of aromatic nitrogens is 1. The number of fused-ring (bicyclic) bond motifs is 1. The van der Waals surface area contributed by atoms with Crippen LogP contribution in [-0.2, 0) is 0 Å². The number of hydrogen-bond acceptors (Lipinski definition) is 4. The highest BCUT2D eigenvalue weighted by molar-refractivity contribution is 7.21. The summed E-state index contributed by atoms with van der Waals surface area (Å²) >= 11 is 1.63. The second-order valence-electron chi connectivity index (χ2n) is 6.45. The molecule has 0 spiro atoms. The molecule has 1 fully saturated rings. The normalized spacial score (nSPS) is 16.0. The van der Waals surface area contributed by atoms with E-state index in [0.29, 0.717) is 5.69 Å². The van der Waals surface area contributed by atoms with Gasteiger partial charge in [0.25, 0.3) is 0 Å². The number of halogens is 1. The highest BCUT2D eigenvalue weighted by atomic mass is 32.1. The lowest BCUT2D eigenvalue weighted by Gasteiger charge is -2.34. The van der Waals surface area contributed by atoms with E-state index in [1.165, 1.54) is 5.56 Å². The van der Waals surface area contributed by atoms with E-state index in [2.05, 4.69) is 53.0 Å². The third-order valence-corrected chi connectivity index (χ3v) is 5.67. The number of piperazine rings is 1. The molecular formula is C19H20FN3S. The van der Waals surface area contributed by atoms with Crippen molar-refractivity contribution in [1.82, 2.24) is 9.88 Å². The molecule has 0 aliphatic carbocycles. The topological polar surface area (TPSA) is 19.4 Å². The van der Waals surface area contributed by atoms with Crippen molar-refractivity contribution in [3.05, 3.63) is 47.8 Å². The Morgan fingerprint density at radius 1 is 1.04 bits per heavy atom. The van der Waals surface area contributed by atoms with Gasteiger partial charge < -0.3 is 9.80 Å². The largest absolute Gasteiger partial charge is 0.367 e. The summed E-state index contributed by atoms with van der Waals surface area (Å²) in [6, 6.07) is 11.9. The second-order valence-corrected chi connectivity index (χ2v) is 7.48. The Kier molecular flexibility index (Phi) is 3.98. The minimum atomic E-state index is -0.173. The number of nitrogens with zero attached hydrogens (tertiary/aromatic N) is 3. The molecular weight excluding hydrogens is 321 g/mol. The Balaban J connectivity index is 1.71. The third kappa shape index (κ3) is 2.89. The number of rotatable bonds is 2. The first-order valence-electron chi connectivity index (χ1n) is 8.21. The molecule has 3 aromatic rings. The van der Waals surface area contributed by atoms with Gasteiger partial charge in [-0.1, -0.05) is 29.8 Å². The van der Waals surface area contributed by atoms with Gasteiger partial charge in [-0.2, -0.15) is 0 Å². The van der Waals surface area contributed by atoms with Crippen LogP contribution < -0.4 is 4.90 Å². The molecule has 0 saturated carbocycles. The van der Waals surface area contributed by atoms with E-state index in [1.807, 2.05) is 6.07 Å². The van der Waals surface area contributed by atoms with Crippen LogP contribution in [0, 0.1) is 12.7 Å². The summed E-state index contributed by atoms with van der Waals surface area (Å²) in [5.74, 6) is -0.173. The molecule has 2 heterocycles. The van der Waals surface area contributed by atoms with Crippen LogP contribution in [0.3, 0.4) is 0 Å². The standard InChI is InChI=1S/C19H20FN3S/c1-13-3-5-14(6-4-13)19-21-16-11-15(20)17(12-18(16)24-19)23-9-7-22(2)8-10-23/h3-6,11-12H,7-10H2,1-2H3. The van der Waals surface area contributed by atoms with Gasteiger partial charge in [0.05, 0.1) is 15.9 Å². The second kappa shape index (κ2) is 6.15. The molecule has 4 rings (SSSR count). The van der Waals surface area contributed by atoms with Crippen LogP contribution in [0.15, 0.2) is 36.4 Å². The summed E-state index contributed by atoms with van der Waals surface area (Å²) in [5, 5.41) is 0.944. The highest BCUT2D eigenvalue weighted by Gasteiger charge is 2.19. The van der Waals surface area contributed by atoms with Crippen molar-refractivity contribution in [3.63, 3.8) is 0 Å². The molecule has 24 heavy (non-hydrogen) atoms. The third-order valence-electron chi connectivity index (χ3n) is 4.60. The molecule has 2 aromatic carbocycles. The zero-order chi connectivity index (χ0) is 16.7. The Morgan fingerprint density at radius 2 is 1.75 bits per heavy atom. The molecule has 0 atom stereocenters. The minimum Gasteiger partial charge on any atom is -0.367 e. The van der Waals surface area contributed by atoms with E-state index in [9.17, 15) is 4.39 Å². The maximum Gasteiger partial charge on any atom is 0.148 e. The predicted molar refractivity (Wildman–Crippen MR) is 99.5 cm³/mol. The van der Waals surface area contributed by atoms with Crippen LogP contribution in [0.4, 0.5) is 10.1 Å². The smallest absolute Gasteiger partial charge is 0.148 e. The molecule has 0 bridgehead atoms. The van der Waals surface area contributed by atoms with Crippen molar-refractivity contribution in [2.45, 2.75) is 6.92 Å². The minimum absolute atomic E-state index is 0.173. The van der Waals surface area contributed by atoms with E-state index >= 15 is 0 Å². The Hall–Kier alpha value is -1.98. The quantitative estimate of drug-likeness (QED) is 0.698. The Morgan fingerprint density at radius 3 is 2.46 bits per heavy atom. The van der Waals surface area contributed by atoms with Crippen LogP contribution in [-0.4, -0.2) is 43.1 Å². The van der Waals surface area contributed by atoms with Crippen LogP contribution in [0.2, 0.25) is 0 Å². The summed E-state index contributed by atoms with van der Waals surface area (Å²) < 4.78 is 15.6. The van der Waals surface area contributed by atoms with Gasteiger partial charge in [0, 0.05) is 37.8 Å². The SMILES string of the molecule is Cc1ccc(-c2nc3cc(F)c(N4CCN(C)CC4)cc3s2)cc1. The first-order chi connectivity index (χ1) is 11.6. The van der Waals surface area contributed by atoms with Gasteiger partial charge in [-0.05, 0) is 20.0 Å². The van der Waals surface area contributed by atoms with Crippen molar-refractivity contribution < 1.29 is 4.39 Å². The van der Waals surface area contributed by atoms with Crippen molar-refractivity contribution in [2.75, 3.05) is 38.1 Å². The zero-order valence-corrected chi connectivity index (χ0v) is 14.7. The maximum absolute atomic E-state index is 14.6. The van der Waals surface area contributed by atoms with E-state index in [-0.39, 0.29) is 5.82 Å². The summed E-state index contributed by atoms with van der Waals surface area (Å²) in [6.45, 7) is 5.73. The summed E-state index contributed by atoms with van der Waals surface area (Å²) in [5.41, 5.74) is 3.76. The first kappa shape index (κ1) is 15.5. The number of likely N-dealkylation sites (N-methyl/N-ethyl adjacent to an activating group) is 1. The first-order valence-corrected chi connectivity index (χ1v) is 9.02. The molecule has 124 valence electrons. The van der Waals surface area contributed by atoms with Crippen LogP contribution in [0.5, 0.6) is 0 Å². The average molecular weight is 341 g/mol. The number of aryl methyl sites for hydroxylation is 1. The molecule has 0 N–H and O–H groups in total. The molecule has 1 aliphatic rings. The molecule has 5 heteroatoms. The Bertz CT molecular complexity index is 864. The van der Waals surface area contributed by atoms with E-state index in [0.717, 1.165) is 47.0 Å². The number of thiazole rings is 1. The molecule has 0 unspecified atom stereocenters. The van der Waals surface area contributed by atoms with Crippen LogP contribution in [0.25, 0.3) is 20.8 Å². The highest BCUT2D eigenvalue weighted by Crippen LogP contribution is 2.34. The lowest BCUT2D eigenvalue weighted by atomic mass is 10.2. The molecule has 1 saturated heterocycles. The summed E-state index contributed by atoms with van der Waals surface area (Å²) in [4.78, 5) is 9.04. The van der Waals surface area contributed by atoms with E-state index in [4.69, 9.17) is 0 Å². The maximum atomic E-state index is 14.6. The van der Waals surface area contributed by atoms with Gasteiger partial charge in [-0.3, -0.25) is 0 Å². The molecule has 0 amide bonds. The fourth-order valence-corrected chi connectivity index (χ4v) is 4.03. The van der Waals surface area contributed by atoms with Crippen LogP contribution >= 0.6 is 11.3 Å².